The van der Waals surface area contributed by atoms with Gasteiger partial charge < -0.3 is 15.0 Å². The third kappa shape index (κ3) is 5.15. The standard InChI is InChI=1S/C16H18ClN3O4S/c1-19(10-12-4-6-15(17)25-12)16(21)11-3-5-13(18-7-8-24-2)14(9-11)20(22)23/h3-6,9,18H,7-8,10H2,1-2H3. The molecule has 25 heavy (non-hydrogen) atoms. The summed E-state index contributed by atoms with van der Waals surface area (Å²) in [5.74, 6) is -0.295. The number of thiophene rings is 1. The van der Waals surface area contributed by atoms with Crippen molar-refractivity contribution in [3.63, 3.8) is 0 Å². The predicted molar refractivity (Wildman–Crippen MR) is 98.6 cm³/mol. The number of nitro groups is 1. The molecule has 1 aromatic carbocycles. The fourth-order valence-electron chi connectivity index (χ4n) is 2.22. The Morgan fingerprint density at radius 3 is 2.76 bits per heavy atom. The summed E-state index contributed by atoms with van der Waals surface area (Å²) in [6.07, 6.45) is 0. The number of nitrogens with zero attached hydrogens (tertiary/aromatic N) is 2. The molecule has 0 aliphatic heterocycles. The van der Waals surface area contributed by atoms with Gasteiger partial charge in [-0.1, -0.05) is 11.6 Å². The Kier molecular flexibility index (Phi) is 6.74. The van der Waals surface area contributed by atoms with Gasteiger partial charge in [-0.2, -0.15) is 0 Å². The van der Waals surface area contributed by atoms with Crippen molar-refractivity contribution in [1.29, 1.82) is 0 Å². The van der Waals surface area contributed by atoms with E-state index in [1.165, 1.54) is 28.4 Å². The summed E-state index contributed by atoms with van der Waals surface area (Å²) in [5.41, 5.74) is 0.468. The van der Waals surface area contributed by atoms with Crippen molar-refractivity contribution in [2.75, 3.05) is 32.6 Å². The number of ether oxygens (including phenoxy) is 1. The van der Waals surface area contributed by atoms with Crippen molar-refractivity contribution < 1.29 is 14.5 Å². The second kappa shape index (κ2) is 8.80. The van der Waals surface area contributed by atoms with Crippen molar-refractivity contribution in [3.05, 3.63) is 55.2 Å². The Labute approximate surface area is 154 Å². The largest absolute Gasteiger partial charge is 0.383 e. The number of nitro benzene ring substituents is 1. The summed E-state index contributed by atoms with van der Waals surface area (Å²) in [6, 6.07) is 8.02. The first-order chi connectivity index (χ1) is 11.9. The Morgan fingerprint density at radius 1 is 1.40 bits per heavy atom. The first-order valence-electron chi connectivity index (χ1n) is 7.43. The molecule has 1 aromatic heterocycles. The number of carbonyl (C=O) groups excluding carboxylic acids is 1. The summed E-state index contributed by atoms with van der Waals surface area (Å²) in [5, 5.41) is 14.2. The molecule has 1 N–H and O–H groups in total. The summed E-state index contributed by atoms with van der Waals surface area (Å²) < 4.78 is 5.56. The number of nitrogens with one attached hydrogen (secondary N) is 1. The van der Waals surface area contributed by atoms with Crippen molar-refractivity contribution >= 4 is 40.2 Å². The van der Waals surface area contributed by atoms with Gasteiger partial charge in [0.2, 0.25) is 0 Å². The molecular formula is C16H18ClN3O4S. The summed E-state index contributed by atoms with van der Waals surface area (Å²) in [6.45, 7) is 1.24. The van der Waals surface area contributed by atoms with Crippen molar-refractivity contribution in [2.45, 2.75) is 6.54 Å². The van der Waals surface area contributed by atoms with Gasteiger partial charge in [-0.05, 0) is 24.3 Å². The lowest BCUT2D eigenvalue weighted by molar-refractivity contribution is -0.384. The van der Waals surface area contributed by atoms with Crippen LogP contribution in [0.25, 0.3) is 0 Å². The van der Waals surface area contributed by atoms with Crippen molar-refractivity contribution in [1.82, 2.24) is 4.90 Å². The highest BCUT2D eigenvalue weighted by atomic mass is 35.5. The number of rotatable bonds is 8. The molecule has 2 aromatic rings. The van der Waals surface area contributed by atoms with Crippen LogP contribution in [-0.4, -0.2) is 43.0 Å². The lowest BCUT2D eigenvalue weighted by Crippen LogP contribution is -2.26. The average molecular weight is 384 g/mol. The maximum Gasteiger partial charge on any atom is 0.293 e. The molecule has 1 amide bonds. The molecule has 0 aliphatic rings. The fourth-order valence-corrected chi connectivity index (χ4v) is 3.36. The quantitative estimate of drug-likeness (QED) is 0.427. The molecule has 0 unspecified atom stereocenters. The van der Waals surface area contributed by atoms with E-state index in [-0.39, 0.29) is 17.2 Å². The number of amides is 1. The smallest absolute Gasteiger partial charge is 0.293 e. The van der Waals surface area contributed by atoms with Gasteiger partial charge in [0.1, 0.15) is 5.69 Å². The molecule has 0 aliphatic carbocycles. The highest BCUT2D eigenvalue weighted by Crippen LogP contribution is 2.27. The van der Waals surface area contributed by atoms with Crippen molar-refractivity contribution in [3.8, 4) is 0 Å². The highest BCUT2D eigenvalue weighted by molar-refractivity contribution is 7.16. The first-order valence-corrected chi connectivity index (χ1v) is 8.62. The fraction of sp³-hybridized carbons (Fsp3) is 0.312. The monoisotopic (exact) mass is 383 g/mol. The van der Waals surface area contributed by atoms with Crippen LogP contribution >= 0.6 is 22.9 Å². The van der Waals surface area contributed by atoms with Gasteiger partial charge in [0.05, 0.1) is 22.4 Å². The lowest BCUT2D eigenvalue weighted by atomic mass is 10.1. The van der Waals surface area contributed by atoms with E-state index in [1.54, 1.807) is 26.3 Å². The number of hydrogen-bond acceptors (Lipinski definition) is 6. The first kappa shape index (κ1) is 19.2. The molecule has 0 radical (unpaired) electrons. The van der Waals surface area contributed by atoms with E-state index in [9.17, 15) is 14.9 Å². The maximum atomic E-state index is 12.5. The van der Waals surface area contributed by atoms with Crippen LogP contribution in [-0.2, 0) is 11.3 Å². The third-order valence-corrected chi connectivity index (χ3v) is 4.65. The molecule has 0 atom stereocenters. The summed E-state index contributed by atoms with van der Waals surface area (Å²) >= 11 is 7.28. The van der Waals surface area contributed by atoms with Gasteiger partial charge in [-0.3, -0.25) is 14.9 Å². The zero-order valence-corrected chi connectivity index (χ0v) is 15.4. The summed E-state index contributed by atoms with van der Waals surface area (Å²) in [4.78, 5) is 25.8. The Bertz CT molecular complexity index is 766. The molecule has 0 bridgehead atoms. The zero-order valence-electron chi connectivity index (χ0n) is 13.8. The second-order valence-electron chi connectivity index (χ2n) is 5.28. The van der Waals surface area contributed by atoms with E-state index in [4.69, 9.17) is 16.3 Å². The van der Waals surface area contributed by atoms with Crippen LogP contribution in [0.15, 0.2) is 30.3 Å². The van der Waals surface area contributed by atoms with Gasteiger partial charge in [0.15, 0.2) is 0 Å². The van der Waals surface area contributed by atoms with Crippen LogP contribution in [0.1, 0.15) is 15.2 Å². The van der Waals surface area contributed by atoms with Gasteiger partial charge in [0, 0.05) is 37.2 Å². The molecule has 0 saturated heterocycles. The van der Waals surface area contributed by atoms with Crippen LogP contribution in [0.2, 0.25) is 4.34 Å². The normalized spacial score (nSPS) is 10.5. The number of anilines is 1. The number of methoxy groups -OCH3 is 1. The SMILES string of the molecule is COCCNc1ccc(C(=O)N(C)Cc2ccc(Cl)s2)cc1[N+](=O)[O-]. The average Bonchev–Trinajstić information content (AvgIpc) is 2.99. The van der Waals surface area contributed by atoms with Crippen LogP contribution in [0, 0.1) is 10.1 Å². The second-order valence-corrected chi connectivity index (χ2v) is 7.08. The molecule has 134 valence electrons. The van der Waals surface area contributed by atoms with Crippen LogP contribution in [0.5, 0.6) is 0 Å². The van der Waals surface area contributed by atoms with Crippen LogP contribution in [0.4, 0.5) is 11.4 Å². The Hall–Kier alpha value is -2.16. The van der Waals surface area contributed by atoms with Gasteiger partial charge in [-0.15, -0.1) is 11.3 Å². The molecule has 0 saturated carbocycles. The minimum Gasteiger partial charge on any atom is -0.383 e. The molecule has 1 heterocycles. The molecule has 9 heteroatoms. The Balaban J connectivity index is 2.15. The summed E-state index contributed by atoms with van der Waals surface area (Å²) in [7, 11) is 3.20. The van der Waals surface area contributed by atoms with E-state index in [0.29, 0.717) is 29.7 Å². The Morgan fingerprint density at radius 2 is 2.16 bits per heavy atom. The highest BCUT2D eigenvalue weighted by Gasteiger charge is 2.20. The zero-order chi connectivity index (χ0) is 18.4. The minimum absolute atomic E-state index is 0.144. The molecule has 7 nitrogen and oxygen atoms in total. The van der Waals surface area contributed by atoms with Crippen molar-refractivity contribution in [2.24, 2.45) is 0 Å². The van der Waals surface area contributed by atoms with E-state index < -0.39 is 4.92 Å². The number of halogens is 1. The molecular weight excluding hydrogens is 366 g/mol. The van der Waals surface area contributed by atoms with Gasteiger partial charge in [0.25, 0.3) is 11.6 Å². The van der Waals surface area contributed by atoms with E-state index >= 15 is 0 Å². The number of benzene rings is 1. The number of carbonyl (C=O) groups is 1. The third-order valence-electron chi connectivity index (χ3n) is 3.43. The van der Waals surface area contributed by atoms with Gasteiger partial charge >= 0.3 is 0 Å². The minimum atomic E-state index is -0.509. The maximum absolute atomic E-state index is 12.5. The van der Waals surface area contributed by atoms with Crippen LogP contribution < -0.4 is 5.32 Å². The van der Waals surface area contributed by atoms with E-state index in [0.717, 1.165) is 4.88 Å². The van der Waals surface area contributed by atoms with Gasteiger partial charge in [-0.25, -0.2) is 0 Å². The molecule has 2 rings (SSSR count). The van der Waals surface area contributed by atoms with Crippen LogP contribution in [0.3, 0.4) is 0 Å². The van der Waals surface area contributed by atoms with E-state index in [2.05, 4.69) is 5.32 Å². The lowest BCUT2D eigenvalue weighted by Gasteiger charge is -2.16. The predicted octanol–water partition coefficient (Wildman–Crippen LogP) is 3.64. The molecule has 0 spiro atoms. The molecule has 0 fully saturated rings. The number of hydrogen-bond donors (Lipinski definition) is 1. The van der Waals surface area contributed by atoms with E-state index in [1.807, 2.05) is 6.07 Å². The topological polar surface area (TPSA) is 84.7 Å².